The lowest BCUT2D eigenvalue weighted by molar-refractivity contribution is 0.00486. The summed E-state index contributed by atoms with van der Waals surface area (Å²) in [4.78, 5) is 8.82. The van der Waals surface area contributed by atoms with Gasteiger partial charge in [-0.05, 0) is 52.0 Å². The SMILES string of the molecule is CCOc1nccnc1[C@H]1CC[C@@H](OC[C@@H]2NCCC[C@@H]2NS(C)(=O)=O)CC1. The van der Waals surface area contributed by atoms with Crippen LogP contribution in [0.5, 0.6) is 5.88 Å². The van der Waals surface area contributed by atoms with Gasteiger partial charge in [0.15, 0.2) is 0 Å². The van der Waals surface area contributed by atoms with E-state index in [4.69, 9.17) is 9.47 Å². The smallest absolute Gasteiger partial charge is 0.235 e. The molecule has 2 N–H and O–H groups in total. The number of hydrogen-bond acceptors (Lipinski definition) is 7. The summed E-state index contributed by atoms with van der Waals surface area (Å²) >= 11 is 0. The van der Waals surface area contributed by atoms with Gasteiger partial charge in [-0.25, -0.2) is 18.1 Å². The molecule has 0 radical (unpaired) electrons. The normalized spacial score (nSPS) is 28.8. The first kappa shape index (κ1) is 21.4. The molecule has 0 spiro atoms. The highest BCUT2D eigenvalue weighted by Crippen LogP contribution is 2.36. The van der Waals surface area contributed by atoms with Gasteiger partial charge in [-0.15, -0.1) is 0 Å². The van der Waals surface area contributed by atoms with E-state index in [-0.39, 0.29) is 18.2 Å². The van der Waals surface area contributed by atoms with Crippen molar-refractivity contribution in [3.8, 4) is 5.88 Å². The third-order valence-corrected chi connectivity index (χ3v) is 6.23. The third kappa shape index (κ3) is 6.10. The van der Waals surface area contributed by atoms with Gasteiger partial charge in [-0.2, -0.15) is 0 Å². The van der Waals surface area contributed by atoms with Gasteiger partial charge >= 0.3 is 0 Å². The molecule has 0 amide bonds. The van der Waals surface area contributed by atoms with Crippen LogP contribution in [-0.4, -0.2) is 62.6 Å². The minimum atomic E-state index is -3.22. The number of nitrogens with one attached hydrogen (secondary N) is 2. The molecule has 0 unspecified atom stereocenters. The summed E-state index contributed by atoms with van der Waals surface area (Å²) in [5, 5.41) is 3.40. The molecule has 2 atom stereocenters. The summed E-state index contributed by atoms with van der Waals surface area (Å²) < 4.78 is 37.7. The fourth-order valence-electron chi connectivity index (χ4n) is 4.15. The highest BCUT2D eigenvalue weighted by Gasteiger charge is 2.30. The summed E-state index contributed by atoms with van der Waals surface area (Å²) in [7, 11) is -3.22. The Labute approximate surface area is 167 Å². The van der Waals surface area contributed by atoms with Gasteiger partial charge in [-0.1, -0.05) is 0 Å². The maximum atomic E-state index is 11.6. The van der Waals surface area contributed by atoms with E-state index in [1.807, 2.05) is 6.92 Å². The molecule has 0 aromatic carbocycles. The van der Waals surface area contributed by atoms with Crippen LogP contribution < -0.4 is 14.8 Å². The molecule has 158 valence electrons. The standard InChI is InChI=1S/C19H32N4O4S/c1-3-26-19-18(21-11-12-22-19)14-6-8-15(9-7-14)27-13-17-16(5-4-10-20-17)23-28(2,24)25/h11-12,14-17,20,23H,3-10,13H2,1-2H3/t14-,15+,16-,17-/m0/s1. The van der Waals surface area contributed by atoms with Gasteiger partial charge in [0.2, 0.25) is 15.9 Å². The molecule has 1 saturated carbocycles. The molecule has 2 aliphatic rings. The zero-order valence-corrected chi connectivity index (χ0v) is 17.6. The first-order valence-electron chi connectivity index (χ1n) is 10.2. The summed E-state index contributed by atoms with van der Waals surface area (Å²) in [6.07, 6.45) is 10.5. The van der Waals surface area contributed by atoms with Crippen molar-refractivity contribution >= 4 is 10.0 Å². The Morgan fingerprint density at radius 1 is 1.18 bits per heavy atom. The van der Waals surface area contributed by atoms with E-state index in [0.717, 1.165) is 50.8 Å². The van der Waals surface area contributed by atoms with E-state index in [9.17, 15) is 8.42 Å². The van der Waals surface area contributed by atoms with E-state index in [1.54, 1.807) is 12.4 Å². The predicted octanol–water partition coefficient (Wildman–Crippen LogP) is 1.59. The third-order valence-electron chi connectivity index (χ3n) is 5.49. The minimum Gasteiger partial charge on any atom is -0.477 e. The van der Waals surface area contributed by atoms with Crippen LogP contribution in [0.4, 0.5) is 0 Å². The molecule has 8 nitrogen and oxygen atoms in total. The summed E-state index contributed by atoms with van der Waals surface area (Å²) in [6.45, 7) is 3.96. The Hall–Kier alpha value is -1.29. The topological polar surface area (TPSA) is 102 Å². The Morgan fingerprint density at radius 2 is 1.93 bits per heavy atom. The maximum absolute atomic E-state index is 11.6. The van der Waals surface area contributed by atoms with Crippen molar-refractivity contribution in [2.24, 2.45) is 0 Å². The Morgan fingerprint density at radius 3 is 2.64 bits per heavy atom. The number of rotatable bonds is 8. The molecule has 1 aliphatic heterocycles. The van der Waals surface area contributed by atoms with Crippen LogP contribution in [0, 0.1) is 0 Å². The Balaban J connectivity index is 1.49. The molecule has 2 heterocycles. The first-order chi connectivity index (χ1) is 13.5. The largest absolute Gasteiger partial charge is 0.477 e. The van der Waals surface area contributed by atoms with E-state index < -0.39 is 10.0 Å². The molecule has 9 heteroatoms. The molecule has 0 bridgehead atoms. The molecule has 1 saturated heterocycles. The first-order valence-corrected chi connectivity index (χ1v) is 12.1. The van der Waals surface area contributed by atoms with Gasteiger partial charge in [0.1, 0.15) is 5.69 Å². The number of piperidine rings is 1. The molecule has 3 rings (SSSR count). The zero-order valence-electron chi connectivity index (χ0n) is 16.8. The lowest BCUT2D eigenvalue weighted by Crippen LogP contribution is -2.55. The van der Waals surface area contributed by atoms with Crippen LogP contribution in [0.25, 0.3) is 0 Å². The molecule has 2 fully saturated rings. The van der Waals surface area contributed by atoms with E-state index >= 15 is 0 Å². The van der Waals surface area contributed by atoms with Crippen molar-refractivity contribution in [3.05, 3.63) is 18.1 Å². The molecule has 28 heavy (non-hydrogen) atoms. The number of ether oxygens (including phenoxy) is 2. The van der Waals surface area contributed by atoms with Gasteiger partial charge < -0.3 is 14.8 Å². The molecule has 1 aromatic rings. The number of sulfonamides is 1. The molecule has 1 aliphatic carbocycles. The number of aromatic nitrogens is 2. The van der Waals surface area contributed by atoms with Gasteiger partial charge in [0.05, 0.1) is 25.6 Å². The lowest BCUT2D eigenvalue weighted by atomic mass is 9.85. The van der Waals surface area contributed by atoms with E-state index in [2.05, 4.69) is 20.0 Å². The van der Waals surface area contributed by atoms with Crippen molar-refractivity contribution in [1.82, 2.24) is 20.0 Å². The monoisotopic (exact) mass is 412 g/mol. The average Bonchev–Trinajstić information content (AvgIpc) is 2.67. The zero-order chi connectivity index (χ0) is 20.0. The summed E-state index contributed by atoms with van der Waals surface area (Å²) in [5.74, 6) is 0.998. The summed E-state index contributed by atoms with van der Waals surface area (Å²) in [5.41, 5.74) is 0.953. The minimum absolute atomic E-state index is 0.0192. The second kappa shape index (κ2) is 9.96. The van der Waals surface area contributed by atoms with Crippen LogP contribution in [-0.2, 0) is 14.8 Å². The van der Waals surface area contributed by atoms with Crippen LogP contribution in [0.1, 0.15) is 57.1 Å². The molecule has 1 aromatic heterocycles. The van der Waals surface area contributed by atoms with E-state index in [0.29, 0.717) is 25.0 Å². The Kier molecular flexibility index (Phi) is 7.62. The van der Waals surface area contributed by atoms with Crippen molar-refractivity contribution in [3.63, 3.8) is 0 Å². The quantitative estimate of drug-likeness (QED) is 0.668. The molecular formula is C19H32N4O4S. The second-order valence-electron chi connectivity index (χ2n) is 7.69. The van der Waals surface area contributed by atoms with Gasteiger partial charge in [0.25, 0.3) is 0 Å². The average molecular weight is 413 g/mol. The van der Waals surface area contributed by atoms with E-state index in [1.165, 1.54) is 6.26 Å². The predicted molar refractivity (Wildman–Crippen MR) is 107 cm³/mol. The summed E-state index contributed by atoms with van der Waals surface area (Å²) in [6, 6.07) is -0.0841. The van der Waals surface area contributed by atoms with Crippen molar-refractivity contribution < 1.29 is 17.9 Å². The van der Waals surface area contributed by atoms with Gasteiger partial charge in [-0.3, -0.25) is 4.98 Å². The van der Waals surface area contributed by atoms with Gasteiger partial charge in [0, 0.05) is 30.4 Å². The highest BCUT2D eigenvalue weighted by molar-refractivity contribution is 7.88. The highest BCUT2D eigenvalue weighted by atomic mass is 32.2. The number of hydrogen-bond donors (Lipinski definition) is 2. The fourth-order valence-corrected chi connectivity index (χ4v) is 4.98. The van der Waals surface area contributed by atoms with Crippen molar-refractivity contribution in [2.75, 3.05) is 26.0 Å². The lowest BCUT2D eigenvalue weighted by Gasteiger charge is -2.35. The van der Waals surface area contributed by atoms with Crippen LogP contribution in [0.3, 0.4) is 0 Å². The fraction of sp³-hybridized carbons (Fsp3) is 0.789. The van der Waals surface area contributed by atoms with Crippen LogP contribution in [0.15, 0.2) is 12.4 Å². The van der Waals surface area contributed by atoms with Crippen LogP contribution >= 0.6 is 0 Å². The maximum Gasteiger partial charge on any atom is 0.235 e. The number of nitrogens with zero attached hydrogens (tertiary/aromatic N) is 2. The second-order valence-corrected chi connectivity index (χ2v) is 9.47. The van der Waals surface area contributed by atoms with Crippen molar-refractivity contribution in [1.29, 1.82) is 0 Å². The van der Waals surface area contributed by atoms with Crippen molar-refractivity contribution in [2.45, 2.75) is 69.6 Å². The van der Waals surface area contributed by atoms with Crippen LogP contribution in [0.2, 0.25) is 0 Å². The molecular weight excluding hydrogens is 380 g/mol. The Bertz CT molecular complexity index is 722.